The van der Waals surface area contributed by atoms with E-state index in [1.54, 1.807) is 18.2 Å². The van der Waals surface area contributed by atoms with E-state index in [1.807, 2.05) is 36.4 Å². The number of benzene rings is 2. The summed E-state index contributed by atoms with van der Waals surface area (Å²) < 4.78 is 0.906. The predicted molar refractivity (Wildman–Crippen MR) is 117 cm³/mol. The van der Waals surface area contributed by atoms with Crippen LogP contribution in [0.3, 0.4) is 0 Å². The lowest BCUT2D eigenvalue weighted by Crippen LogP contribution is -2.35. The van der Waals surface area contributed by atoms with E-state index in [0.717, 1.165) is 28.7 Å². The molecule has 5 nitrogen and oxygen atoms in total. The highest BCUT2D eigenvalue weighted by Gasteiger charge is 2.34. The first kappa shape index (κ1) is 20.1. The summed E-state index contributed by atoms with van der Waals surface area (Å²) in [4.78, 5) is 27.2. The summed E-state index contributed by atoms with van der Waals surface area (Å²) in [5.74, 6) is -0.0940. The van der Waals surface area contributed by atoms with Crippen molar-refractivity contribution in [2.45, 2.75) is 20.3 Å². The molecule has 0 spiro atoms. The first-order valence-electron chi connectivity index (χ1n) is 9.29. The maximum atomic E-state index is 12.7. The molecule has 0 radical (unpaired) electrons. The number of hydrogen-bond donors (Lipinski definition) is 1. The van der Waals surface area contributed by atoms with Gasteiger partial charge < -0.3 is 4.90 Å². The fourth-order valence-corrected chi connectivity index (χ4v) is 3.17. The van der Waals surface area contributed by atoms with E-state index in [1.165, 1.54) is 5.01 Å². The Kier molecular flexibility index (Phi) is 6.19. The Morgan fingerprint density at radius 1 is 1.07 bits per heavy atom. The van der Waals surface area contributed by atoms with E-state index >= 15 is 0 Å². The molecule has 1 aliphatic heterocycles. The smallest absolute Gasteiger partial charge is 0.282 e. The summed E-state index contributed by atoms with van der Waals surface area (Å²) in [7, 11) is 2.07. The van der Waals surface area contributed by atoms with Crippen LogP contribution in [0.4, 0.5) is 11.4 Å². The van der Waals surface area contributed by atoms with Crippen molar-refractivity contribution in [2.24, 2.45) is 5.92 Å². The number of carbonyl (C=O) groups excluding carboxylic acids is 2. The maximum absolute atomic E-state index is 12.7. The quantitative estimate of drug-likeness (QED) is 0.533. The second kappa shape index (κ2) is 8.61. The predicted octanol–water partition coefficient (Wildman–Crippen LogP) is 4.39. The van der Waals surface area contributed by atoms with Gasteiger partial charge in [-0.1, -0.05) is 41.9 Å². The van der Waals surface area contributed by atoms with Gasteiger partial charge in [-0.2, -0.15) is 0 Å². The van der Waals surface area contributed by atoms with Crippen molar-refractivity contribution in [3.63, 3.8) is 0 Å². The summed E-state index contributed by atoms with van der Waals surface area (Å²) in [6.45, 7) is 5.41. The van der Waals surface area contributed by atoms with Gasteiger partial charge in [0.15, 0.2) is 0 Å². The molecule has 3 rings (SSSR count). The van der Waals surface area contributed by atoms with Crippen LogP contribution in [0, 0.1) is 5.92 Å². The van der Waals surface area contributed by atoms with Gasteiger partial charge >= 0.3 is 0 Å². The molecule has 1 fully saturated rings. The molecule has 0 saturated carbocycles. The summed E-state index contributed by atoms with van der Waals surface area (Å²) in [6.07, 6.45) is 2.76. The number of halogens is 1. The van der Waals surface area contributed by atoms with Gasteiger partial charge in [-0.3, -0.25) is 15.0 Å². The Morgan fingerprint density at radius 2 is 1.71 bits per heavy atom. The lowest BCUT2D eigenvalue weighted by Gasteiger charge is -2.20. The number of nitrogens with zero attached hydrogens (tertiary/aromatic N) is 2. The number of amides is 2. The van der Waals surface area contributed by atoms with Crippen LogP contribution in [0.15, 0.2) is 58.6 Å². The molecule has 1 heterocycles. The molecule has 0 bridgehead atoms. The van der Waals surface area contributed by atoms with Crippen LogP contribution < -0.4 is 15.3 Å². The molecule has 1 saturated heterocycles. The van der Waals surface area contributed by atoms with Crippen molar-refractivity contribution in [3.05, 3.63) is 64.1 Å². The number of hydrazine groups is 1. The first-order chi connectivity index (χ1) is 13.3. The highest BCUT2D eigenvalue weighted by atomic mass is 79.9. The van der Waals surface area contributed by atoms with Gasteiger partial charge in [0.2, 0.25) is 0 Å². The summed E-state index contributed by atoms with van der Waals surface area (Å²) in [6, 6.07) is 15.1. The number of hydrogen-bond acceptors (Lipinski definition) is 3. The number of carbonyl (C=O) groups is 2. The van der Waals surface area contributed by atoms with Crippen molar-refractivity contribution < 1.29 is 9.59 Å². The summed E-state index contributed by atoms with van der Waals surface area (Å²) >= 11 is 3.36. The number of nitrogens with one attached hydrogen (secondary N) is 1. The Labute approximate surface area is 174 Å². The average molecular weight is 442 g/mol. The average Bonchev–Trinajstić information content (AvgIpc) is 2.95. The largest absolute Gasteiger partial charge is 0.375 e. The van der Waals surface area contributed by atoms with Crippen molar-refractivity contribution in [2.75, 3.05) is 23.5 Å². The van der Waals surface area contributed by atoms with Crippen LogP contribution in [-0.4, -0.2) is 25.4 Å². The van der Waals surface area contributed by atoms with Crippen molar-refractivity contribution in [3.8, 4) is 0 Å². The van der Waals surface area contributed by atoms with E-state index in [2.05, 4.69) is 47.2 Å². The van der Waals surface area contributed by atoms with Gasteiger partial charge in [-0.15, -0.1) is 0 Å². The molecular weight excluding hydrogens is 418 g/mol. The van der Waals surface area contributed by atoms with Crippen molar-refractivity contribution in [1.82, 2.24) is 5.43 Å². The Balaban J connectivity index is 1.74. The van der Waals surface area contributed by atoms with Crippen LogP contribution in [0.2, 0.25) is 0 Å². The Morgan fingerprint density at radius 3 is 2.32 bits per heavy atom. The van der Waals surface area contributed by atoms with Gasteiger partial charge in [0, 0.05) is 23.8 Å². The highest BCUT2D eigenvalue weighted by Crippen LogP contribution is 2.24. The molecule has 0 aliphatic carbocycles. The molecule has 1 aliphatic rings. The van der Waals surface area contributed by atoms with Crippen LogP contribution >= 0.6 is 15.9 Å². The maximum Gasteiger partial charge on any atom is 0.282 e. The number of anilines is 2. The molecule has 2 aromatic carbocycles. The van der Waals surface area contributed by atoms with Crippen LogP contribution in [0.25, 0.3) is 6.08 Å². The Hall–Kier alpha value is -2.60. The standard InChI is InChI=1S/C22H24BrN3O2/c1-15(2)12-13-25(3)18-8-4-16(5-9-18)14-20-21(27)24-26(22(20)28)19-10-6-17(23)7-11-19/h4-11,14-15H,12-13H2,1-3H3,(H,24,27). The van der Waals surface area contributed by atoms with E-state index in [9.17, 15) is 9.59 Å². The second-order valence-electron chi connectivity index (χ2n) is 7.31. The molecule has 0 aromatic heterocycles. The third-order valence-electron chi connectivity index (χ3n) is 4.66. The van der Waals surface area contributed by atoms with Gasteiger partial charge in [0.05, 0.1) is 5.69 Å². The van der Waals surface area contributed by atoms with Crippen LogP contribution in [0.1, 0.15) is 25.8 Å². The van der Waals surface area contributed by atoms with Crippen molar-refractivity contribution in [1.29, 1.82) is 0 Å². The minimum absolute atomic E-state index is 0.129. The van der Waals surface area contributed by atoms with E-state index in [-0.39, 0.29) is 11.5 Å². The van der Waals surface area contributed by atoms with E-state index < -0.39 is 5.91 Å². The first-order valence-corrected chi connectivity index (χ1v) is 10.1. The number of rotatable bonds is 6. The van der Waals surface area contributed by atoms with Gasteiger partial charge in [-0.25, -0.2) is 5.01 Å². The normalized spacial score (nSPS) is 15.5. The molecular formula is C22H24BrN3O2. The monoisotopic (exact) mass is 441 g/mol. The molecule has 0 atom stereocenters. The van der Waals surface area contributed by atoms with Crippen molar-refractivity contribution >= 4 is 45.2 Å². The van der Waals surface area contributed by atoms with Gasteiger partial charge in [-0.05, 0) is 60.4 Å². The molecule has 1 N–H and O–H groups in total. The highest BCUT2D eigenvalue weighted by molar-refractivity contribution is 9.10. The third kappa shape index (κ3) is 4.62. The zero-order valence-electron chi connectivity index (χ0n) is 16.3. The Bertz CT molecular complexity index is 889. The molecule has 6 heteroatoms. The molecule has 2 amide bonds. The molecule has 28 heavy (non-hydrogen) atoms. The minimum Gasteiger partial charge on any atom is -0.375 e. The summed E-state index contributed by atoms with van der Waals surface area (Å²) in [5.41, 5.74) is 5.30. The summed E-state index contributed by atoms with van der Waals surface area (Å²) in [5, 5.41) is 1.27. The zero-order valence-corrected chi connectivity index (χ0v) is 17.9. The van der Waals surface area contributed by atoms with E-state index in [4.69, 9.17) is 0 Å². The molecule has 2 aromatic rings. The SMILES string of the molecule is CC(C)CCN(C)c1ccc(C=C2C(=O)NN(c3ccc(Br)cc3)C2=O)cc1. The lowest BCUT2D eigenvalue weighted by atomic mass is 10.1. The zero-order chi connectivity index (χ0) is 20.3. The minimum atomic E-state index is -0.397. The fraction of sp³-hybridized carbons (Fsp3) is 0.273. The third-order valence-corrected chi connectivity index (χ3v) is 5.19. The topological polar surface area (TPSA) is 52.7 Å². The van der Waals surface area contributed by atoms with Gasteiger partial charge in [0.25, 0.3) is 11.8 Å². The van der Waals surface area contributed by atoms with Gasteiger partial charge in [0.1, 0.15) is 5.57 Å². The van der Waals surface area contributed by atoms with E-state index in [0.29, 0.717) is 11.6 Å². The fourth-order valence-electron chi connectivity index (χ4n) is 2.90. The van der Waals surface area contributed by atoms with Crippen LogP contribution in [0.5, 0.6) is 0 Å². The molecule has 0 unspecified atom stereocenters. The second-order valence-corrected chi connectivity index (χ2v) is 8.23. The lowest BCUT2D eigenvalue weighted by molar-refractivity contribution is -0.117. The molecule has 146 valence electrons. The van der Waals surface area contributed by atoms with Crippen LogP contribution in [-0.2, 0) is 9.59 Å².